The highest BCUT2D eigenvalue weighted by Crippen LogP contribution is 2.38. The van der Waals surface area contributed by atoms with E-state index in [1.807, 2.05) is 20.0 Å². The second-order valence-corrected chi connectivity index (χ2v) is 10.8. The van der Waals surface area contributed by atoms with Gasteiger partial charge in [0.15, 0.2) is 0 Å². The Kier molecular flexibility index (Phi) is 9.19. The zero-order valence-electron chi connectivity index (χ0n) is 22.3. The van der Waals surface area contributed by atoms with E-state index in [9.17, 15) is 9.59 Å². The number of hydrogen-bond donors (Lipinski definition) is 1. The lowest BCUT2D eigenvalue weighted by molar-refractivity contribution is -0.140. The van der Waals surface area contributed by atoms with Gasteiger partial charge >= 0.3 is 0 Å². The lowest BCUT2D eigenvalue weighted by Crippen LogP contribution is -2.40. The summed E-state index contributed by atoms with van der Waals surface area (Å²) in [6.45, 7) is 2.68. The van der Waals surface area contributed by atoms with Gasteiger partial charge in [0.2, 0.25) is 5.91 Å². The number of para-hydroxylation sites is 1. The molecule has 0 spiro atoms. The summed E-state index contributed by atoms with van der Waals surface area (Å²) in [6, 6.07) is 18.8. The fraction of sp³-hybridized carbons (Fsp3) is 0.548. The first-order chi connectivity index (χ1) is 17.5. The largest absolute Gasteiger partial charge is 0.345 e. The van der Waals surface area contributed by atoms with Gasteiger partial charge in [-0.05, 0) is 69.0 Å². The van der Waals surface area contributed by atoms with E-state index in [4.69, 9.17) is 0 Å². The molecule has 2 fully saturated rings. The first-order valence-electron chi connectivity index (χ1n) is 13.9. The number of Topliss-reactive ketones (excluding diaryl/α,β-unsaturated/α-hetero) is 1. The minimum absolute atomic E-state index is 0.0762. The number of likely N-dealkylation sites (tertiary alicyclic amines) is 1. The Balaban J connectivity index is 1.53. The van der Waals surface area contributed by atoms with Gasteiger partial charge in [0.05, 0.1) is 12.1 Å². The number of nitrogens with one attached hydrogen (secondary N) is 1. The molecule has 2 aliphatic rings. The molecule has 1 saturated carbocycles. The highest BCUT2D eigenvalue weighted by atomic mass is 16.2. The minimum Gasteiger partial charge on any atom is -0.345 e. The first-order valence-corrected chi connectivity index (χ1v) is 13.9. The number of benzene rings is 2. The summed E-state index contributed by atoms with van der Waals surface area (Å²) in [5, 5.41) is 3.07. The maximum absolute atomic E-state index is 14.0. The van der Waals surface area contributed by atoms with Crippen LogP contribution in [-0.2, 0) is 9.59 Å². The summed E-state index contributed by atoms with van der Waals surface area (Å²) in [5.41, 5.74) is 3.45. The Morgan fingerprint density at radius 1 is 0.972 bits per heavy atom. The average Bonchev–Trinajstić information content (AvgIpc) is 3.42. The number of amides is 1. The number of carbonyl (C=O) groups is 2. The van der Waals surface area contributed by atoms with E-state index in [1.165, 1.54) is 37.7 Å². The Morgan fingerprint density at radius 3 is 2.42 bits per heavy atom. The Labute approximate surface area is 217 Å². The first kappa shape index (κ1) is 26.4. The molecule has 0 bridgehead atoms. The van der Waals surface area contributed by atoms with Crippen LogP contribution in [0.5, 0.6) is 0 Å². The highest BCUT2D eigenvalue weighted by Gasteiger charge is 2.36. The van der Waals surface area contributed by atoms with Gasteiger partial charge in [0.25, 0.3) is 0 Å². The van der Waals surface area contributed by atoms with Crippen LogP contribution in [0.1, 0.15) is 76.3 Å². The molecule has 3 atom stereocenters. The molecule has 194 valence electrons. The summed E-state index contributed by atoms with van der Waals surface area (Å²) < 4.78 is 0. The van der Waals surface area contributed by atoms with Crippen LogP contribution < -0.4 is 10.2 Å². The minimum atomic E-state index is -0.216. The van der Waals surface area contributed by atoms with Gasteiger partial charge in [-0.25, -0.2) is 0 Å². The van der Waals surface area contributed by atoms with Crippen LogP contribution in [0.4, 0.5) is 11.4 Å². The van der Waals surface area contributed by atoms with E-state index in [2.05, 4.69) is 70.7 Å². The van der Waals surface area contributed by atoms with Crippen LogP contribution in [0.25, 0.3) is 0 Å². The van der Waals surface area contributed by atoms with Crippen molar-refractivity contribution in [2.45, 2.75) is 76.8 Å². The van der Waals surface area contributed by atoms with Crippen LogP contribution in [0.3, 0.4) is 0 Å². The molecule has 5 heteroatoms. The standard InChI is InChI=1S/C31H43N3O2/c1-23(32-2)30(35)22-26(20-24-12-6-4-7-13-24)31(36)34-19-11-18-29(34)25-14-10-17-28(21-25)33(3)27-15-8-5-9-16-27/h5,8-10,14-17,21,23-24,26,29,32H,4,6-7,11-13,18-20,22H2,1-3H3/t23-,26+,29-/m0/s1. The van der Waals surface area contributed by atoms with Crippen molar-refractivity contribution in [2.75, 3.05) is 25.5 Å². The van der Waals surface area contributed by atoms with Gasteiger partial charge in [0, 0.05) is 37.3 Å². The average molecular weight is 490 g/mol. The number of rotatable bonds is 10. The normalized spacial score (nSPS) is 20.2. The van der Waals surface area contributed by atoms with Crippen LogP contribution in [0, 0.1) is 11.8 Å². The molecule has 1 amide bonds. The van der Waals surface area contributed by atoms with Crippen molar-refractivity contribution in [3.8, 4) is 0 Å². The second kappa shape index (κ2) is 12.5. The molecular weight excluding hydrogens is 446 g/mol. The second-order valence-electron chi connectivity index (χ2n) is 10.8. The van der Waals surface area contributed by atoms with E-state index >= 15 is 0 Å². The van der Waals surface area contributed by atoms with Crippen molar-refractivity contribution in [2.24, 2.45) is 11.8 Å². The molecule has 1 heterocycles. The summed E-state index contributed by atoms with van der Waals surface area (Å²) in [7, 11) is 3.90. The molecule has 5 nitrogen and oxygen atoms in total. The van der Waals surface area contributed by atoms with Gasteiger partial charge in [0.1, 0.15) is 5.78 Å². The number of anilines is 2. The monoisotopic (exact) mass is 489 g/mol. The fourth-order valence-corrected chi connectivity index (χ4v) is 6.03. The van der Waals surface area contributed by atoms with E-state index in [1.54, 1.807) is 0 Å². The van der Waals surface area contributed by atoms with Crippen LogP contribution >= 0.6 is 0 Å². The zero-order valence-corrected chi connectivity index (χ0v) is 22.3. The van der Waals surface area contributed by atoms with Gasteiger partial charge in [-0.2, -0.15) is 0 Å². The van der Waals surface area contributed by atoms with Gasteiger partial charge in [-0.15, -0.1) is 0 Å². The highest BCUT2D eigenvalue weighted by molar-refractivity contribution is 5.89. The molecule has 36 heavy (non-hydrogen) atoms. The van der Waals surface area contributed by atoms with Crippen molar-refractivity contribution in [3.63, 3.8) is 0 Å². The molecular formula is C31H43N3O2. The van der Waals surface area contributed by atoms with E-state index in [-0.39, 0.29) is 29.7 Å². The summed E-state index contributed by atoms with van der Waals surface area (Å²) in [6.07, 6.45) is 9.35. The number of nitrogens with zero attached hydrogens (tertiary/aromatic N) is 2. The predicted molar refractivity (Wildman–Crippen MR) is 147 cm³/mol. The molecule has 0 unspecified atom stereocenters. The van der Waals surface area contributed by atoms with E-state index < -0.39 is 0 Å². The number of likely N-dealkylation sites (N-methyl/N-ethyl adjacent to an activating group) is 1. The number of carbonyl (C=O) groups excluding carboxylic acids is 2. The van der Waals surface area contributed by atoms with Crippen molar-refractivity contribution >= 4 is 23.1 Å². The number of hydrogen-bond acceptors (Lipinski definition) is 4. The predicted octanol–water partition coefficient (Wildman–Crippen LogP) is 6.27. The summed E-state index contributed by atoms with van der Waals surface area (Å²) in [4.78, 5) is 31.2. The lowest BCUT2D eigenvalue weighted by atomic mass is 9.80. The molecule has 4 rings (SSSR count). The Hall–Kier alpha value is -2.66. The van der Waals surface area contributed by atoms with Crippen LogP contribution in [0.2, 0.25) is 0 Å². The Bertz CT molecular complexity index is 1000. The third-order valence-electron chi connectivity index (χ3n) is 8.38. The maximum atomic E-state index is 14.0. The molecule has 2 aromatic rings. The Morgan fingerprint density at radius 2 is 1.69 bits per heavy atom. The van der Waals surface area contributed by atoms with Crippen molar-refractivity contribution in [1.82, 2.24) is 10.2 Å². The van der Waals surface area contributed by atoms with Crippen LogP contribution in [-0.4, -0.2) is 43.3 Å². The van der Waals surface area contributed by atoms with Crippen LogP contribution in [0.15, 0.2) is 54.6 Å². The van der Waals surface area contributed by atoms with Crippen molar-refractivity contribution < 1.29 is 9.59 Å². The smallest absolute Gasteiger partial charge is 0.226 e. The van der Waals surface area contributed by atoms with Gasteiger partial charge < -0.3 is 15.1 Å². The lowest BCUT2D eigenvalue weighted by Gasteiger charge is -2.32. The maximum Gasteiger partial charge on any atom is 0.226 e. The summed E-state index contributed by atoms with van der Waals surface area (Å²) in [5.74, 6) is 0.678. The van der Waals surface area contributed by atoms with Gasteiger partial charge in [-0.3, -0.25) is 9.59 Å². The third-order valence-corrected chi connectivity index (χ3v) is 8.38. The molecule has 1 N–H and O–H groups in total. The molecule has 2 aromatic carbocycles. The SMILES string of the molecule is CN[C@@H](C)C(=O)C[C@@H](CC1CCCCC1)C(=O)N1CCC[C@H]1c1cccc(N(C)c2ccccc2)c1. The van der Waals surface area contributed by atoms with Gasteiger partial charge in [-0.1, -0.05) is 62.4 Å². The molecule has 0 aromatic heterocycles. The van der Waals surface area contributed by atoms with Crippen molar-refractivity contribution in [1.29, 1.82) is 0 Å². The topological polar surface area (TPSA) is 52.7 Å². The number of ketones is 1. The fourth-order valence-electron chi connectivity index (χ4n) is 6.03. The quantitative estimate of drug-likeness (QED) is 0.427. The zero-order chi connectivity index (χ0) is 25.5. The van der Waals surface area contributed by atoms with Crippen molar-refractivity contribution in [3.05, 3.63) is 60.2 Å². The molecule has 0 radical (unpaired) electrons. The summed E-state index contributed by atoms with van der Waals surface area (Å²) >= 11 is 0. The van der Waals surface area contributed by atoms with E-state index in [0.717, 1.165) is 37.2 Å². The third kappa shape index (κ3) is 6.36. The van der Waals surface area contributed by atoms with E-state index in [0.29, 0.717) is 12.3 Å². The molecule has 1 aliphatic carbocycles. The molecule has 1 aliphatic heterocycles. The molecule has 1 saturated heterocycles.